The lowest BCUT2D eigenvalue weighted by atomic mass is 9.93. The smallest absolute Gasteiger partial charge is 0.243 e. The van der Waals surface area contributed by atoms with Crippen LogP contribution < -0.4 is 5.32 Å². The summed E-state index contributed by atoms with van der Waals surface area (Å²) in [5.41, 5.74) is 1.28. The topological polar surface area (TPSA) is 68.8 Å². The Bertz CT molecular complexity index is 737. The number of nitrogens with one attached hydrogen (secondary N) is 1. The van der Waals surface area contributed by atoms with Gasteiger partial charge in [0.1, 0.15) is 5.82 Å². The number of aromatic nitrogens is 4. The second-order valence-corrected chi connectivity index (χ2v) is 8.66. The molecule has 4 rings (SSSR count). The minimum absolute atomic E-state index is 0.0763. The molecule has 25 heavy (non-hydrogen) atoms. The second kappa shape index (κ2) is 6.24. The maximum absolute atomic E-state index is 5.44. The molecule has 6 nitrogen and oxygen atoms in total. The van der Waals surface area contributed by atoms with Gasteiger partial charge in [-0.05, 0) is 32.6 Å². The largest absolute Gasteiger partial charge is 0.338 e. The van der Waals surface area contributed by atoms with E-state index >= 15 is 0 Å². The standard InChI is InChI=1S/C19H29N5O/c1-12(18-22-16(23-25-18)13-7-8-13)20-10-14-6-5-9-24-11-15(19(2,3)4)21-17(14)24/h11-14,20H,5-10H2,1-4H3. The molecular weight excluding hydrogens is 314 g/mol. The molecule has 6 heteroatoms. The van der Waals surface area contributed by atoms with Crippen LogP contribution >= 0.6 is 0 Å². The lowest BCUT2D eigenvalue weighted by molar-refractivity contribution is 0.326. The third kappa shape index (κ3) is 3.50. The SMILES string of the molecule is CC(NCC1CCCn2cc(C(C)(C)C)nc21)c1nc(C2CC2)no1. The Balaban J connectivity index is 1.42. The van der Waals surface area contributed by atoms with Gasteiger partial charge >= 0.3 is 0 Å². The maximum Gasteiger partial charge on any atom is 0.243 e. The summed E-state index contributed by atoms with van der Waals surface area (Å²) in [4.78, 5) is 9.52. The highest BCUT2D eigenvalue weighted by Gasteiger charge is 2.30. The van der Waals surface area contributed by atoms with E-state index in [-0.39, 0.29) is 11.5 Å². The summed E-state index contributed by atoms with van der Waals surface area (Å²) in [7, 11) is 0. The molecule has 0 saturated heterocycles. The normalized spacial score (nSPS) is 22.0. The van der Waals surface area contributed by atoms with Gasteiger partial charge in [0.05, 0.1) is 11.7 Å². The van der Waals surface area contributed by atoms with E-state index in [0.29, 0.717) is 17.7 Å². The molecular formula is C19H29N5O. The van der Waals surface area contributed by atoms with Crippen molar-refractivity contribution in [3.63, 3.8) is 0 Å². The molecule has 136 valence electrons. The first-order valence-electron chi connectivity index (χ1n) is 9.56. The fraction of sp³-hybridized carbons (Fsp3) is 0.737. The molecule has 0 radical (unpaired) electrons. The van der Waals surface area contributed by atoms with Crippen molar-refractivity contribution in [2.45, 2.75) is 83.2 Å². The molecule has 1 aliphatic heterocycles. The molecule has 2 aliphatic rings. The zero-order chi connectivity index (χ0) is 17.6. The number of hydrogen-bond donors (Lipinski definition) is 1. The average Bonchev–Trinajstić information content (AvgIpc) is 3.12. The van der Waals surface area contributed by atoms with Crippen LogP contribution in [-0.2, 0) is 12.0 Å². The predicted octanol–water partition coefficient (Wildman–Crippen LogP) is 3.67. The first-order chi connectivity index (χ1) is 11.9. The fourth-order valence-electron chi connectivity index (χ4n) is 3.46. The summed E-state index contributed by atoms with van der Waals surface area (Å²) in [6, 6.07) is 0.0763. The van der Waals surface area contributed by atoms with E-state index in [1.165, 1.54) is 37.2 Å². The van der Waals surface area contributed by atoms with Crippen molar-refractivity contribution < 1.29 is 4.52 Å². The molecule has 0 aromatic carbocycles. The van der Waals surface area contributed by atoms with E-state index in [1.54, 1.807) is 0 Å². The van der Waals surface area contributed by atoms with E-state index in [4.69, 9.17) is 9.51 Å². The fourth-order valence-corrected chi connectivity index (χ4v) is 3.46. The van der Waals surface area contributed by atoms with Crippen molar-refractivity contribution >= 4 is 0 Å². The molecule has 2 atom stereocenters. The second-order valence-electron chi connectivity index (χ2n) is 8.66. The number of hydrogen-bond acceptors (Lipinski definition) is 5. The third-order valence-corrected chi connectivity index (χ3v) is 5.33. The number of aryl methyl sites for hydroxylation is 1. The minimum atomic E-state index is 0.0763. The Morgan fingerprint density at radius 2 is 2.08 bits per heavy atom. The zero-order valence-electron chi connectivity index (χ0n) is 15.7. The molecule has 2 aromatic rings. The predicted molar refractivity (Wildman–Crippen MR) is 95.6 cm³/mol. The molecule has 1 saturated carbocycles. The quantitative estimate of drug-likeness (QED) is 0.897. The summed E-state index contributed by atoms with van der Waals surface area (Å²) in [5, 5.41) is 7.70. The maximum atomic E-state index is 5.44. The van der Waals surface area contributed by atoms with E-state index in [1.807, 2.05) is 0 Å². The van der Waals surface area contributed by atoms with Gasteiger partial charge in [0.2, 0.25) is 5.89 Å². The van der Waals surface area contributed by atoms with Gasteiger partial charge in [-0.25, -0.2) is 4.98 Å². The van der Waals surface area contributed by atoms with Crippen LogP contribution in [0.4, 0.5) is 0 Å². The zero-order valence-corrected chi connectivity index (χ0v) is 15.7. The number of nitrogens with zero attached hydrogens (tertiary/aromatic N) is 4. The van der Waals surface area contributed by atoms with Crippen molar-refractivity contribution in [2.75, 3.05) is 6.54 Å². The van der Waals surface area contributed by atoms with Crippen LogP contribution in [0, 0.1) is 0 Å². The molecule has 2 unspecified atom stereocenters. The van der Waals surface area contributed by atoms with Gasteiger partial charge in [-0.2, -0.15) is 4.98 Å². The Kier molecular flexibility index (Phi) is 4.18. The van der Waals surface area contributed by atoms with Crippen LogP contribution in [0.1, 0.15) is 94.5 Å². The molecule has 2 aromatic heterocycles. The summed E-state index contributed by atoms with van der Waals surface area (Å²) in [6.07, 6.45) is 7.02. The van der Waals surface area contributed by atoms with Crippen molar-refractivity contribution in [3.05, 3.63) is 29.4 Å². The Morgan fingerprint density at radius 1 is 1.28 bits per heavy atom. The van der Waals surface area contributed by atoms with Crippen LogP contribution in [0.15, 0.2) is 10.7 Å². The van der Waals surface area contributed by atoms with Crippen LogP contribution in [0.25, 0.3) is 0 Å². The molecule has 0 bridgehead atoms. The minimum Gasteiger partial charge on any atom is -0.338 e. The van der Waals surface area contributed by atoms with Crippen LogP contribution in [0.3, 0.4) is 0 Å². The highest BCUT2D eigenvalue weighted by atomic mass is 16.5. The van der Waals surface area contributed by atoms with Gasteiger partial charge in [0, 0.05) is 36.5 Å². The van der Waals surface area contributed by atoms with Gasteiger partial charge in [-0.15, -0.1) is 0 Å². The monoisotopic (exact) mass is 343 g/mol. The Morgan fingerprint density at radius 3 is 2.80 bits per heavy atom. The van der Waals surface area contributed by atoms with Gasteiger partial charge in [0.15, 0.2) is 5.82 Å². The van der Waals surface area contributed by atoms with Crippen molar-refractivity contribution in [3.8, 4) is 0 Å². The Hall–Kier alpha value is -1.69. The molecule has 0 spiro atoms. The van der Waals surface area contributed by atoms with Crippen molar-refractivity contribution in [2.24, 2.45) is 0 Å². The first kappa shape index (κ1) is 16.8. The lowest BCUT2D eigenvalue weighted by Crippen LogP contribution is -2.28. The molecule has 1 aliphatic carbocycles. The van der Waals surface area contributed by atoms with Crippen LogP contribution in [0.5, 0.6) is 0 Å². The number of rotatable bonds is 5. The van der Waals surface area contributed by atoms with Crippen LogP contribution in [-0.4, -0.2) is 26.2 Å². The lowest BCUT2D eigenvalue weighted by Gasteiger charge is -2.24. The van der Waals surface area contributed by atoms with E-state index in [2.05, 4.69) is 53.9 Å². The van der Waals surface area contributed by atoms with E-state index in [9.17, 15) is 0 Å². The molecule has 1 N–H and O–H groups in total. The number of fused-ring (bicyclic) bond motifs is 1. The van der Waals surface area contributed by atoms with Gasteiger partial charge in [-0.3, -0.25) is 0 Å². The highest BCUT2D eigenvalue weighted by molar-refractivity contribution is 5.17. The van der Waals surface area contributed by atoms with Crippen molar-refractivity contribution in [1.82, 2.24) is 25.0 Å². The van der Waals surface area contributed by atoms with Gasteiger partial charge < -0.3 is 14.4 Å². The molecule has 3 heterocycles. The van der Waals surface area contributed by atoms with Crippen molar-refractivity contribution in [1.29, 1.82) is 0 Å². The Labute approximate surface area is 149 Å². The summed E-state index contributed by atoms with van der Waals surface area (Å²) in [5.74, 6) is 3.78. The average molecular weight is 343 g/mol. The highest BCUT2D eigenvalue weighted by Crippen LogP contribution is 2.38. The van der Waals surface area contributed by atoms with Gasteiger partial charge in [0.25, 0.3) is 0 Å². The summed E-state index contributed by atoms with van der Waals surface area (Å²) < 4.78 is 7.79. The van der Waals surface area contributed by atoms with Crippen LogP contribution in [0.2, 0.25) is 0 Å². The van der Waals surface area contributed by atoms with E-state index < -0.39 is 0 Å². The third-order valence-electron chi connectivity index (χ3n) is 5.33. The summed E-state index contributed by atoms with van der Waals surface area (Å²) >= 11 is 0. The first-order valence-corrected chi connectivity index (χ1v) is 9.56. The molecule has 0 amide bonds. The van der Waals surface area contributed by atoms with E-state index in [0.717, 1.165) is 18.9 Å². The number of imidazole rings is 1. The molecule has 1 fully saturated rings. The summed E-state index contributed by atoms with van der Waals surface area (Å²) in [6.45, 7) is 10.7. The van der Waals surface area contributed by atoms with Gasteiger partial charge in [-0.1, -0.05) is 25.9 Å².